The Bertz CT molecular complexity index is 1310. The van der Waals surface area contributed by atoms with Crippen molar-refractivity contribution in [1.29, 1.82) is 0 Å². The lowest BCUT2D eigenvalue weighted by Crippen LogP contribution is -2.25. The van der Waals surface area contributed by atoms with E-state index in [9.17, 15) is 4.79 Å². The molecule has 0 radical (unpaired) electrons. The average molecular weight is 429 g/mol. The standard InChI is InChI=1S/C24H23N5O3/c1-15-9-17(12-19(10-15)31-2)28-24(30)29-8-6-16-11-18(3-4-22(16)29)32-23-20-5-7-25-13-21(20)26-14-27-23/h3-4,6,8-12,14,25H,5,7,13H2,1-2H3,(H,28,30). The van der Waals surface area contributed by atoms with Crippen LogP contribution in [0, 0.1) is 6.92 Å². The number of ether oxygens (including phenoxy) is 2. The van der Waals surface area contributed by atoms with E-state index in [-0.39, 0.29) is 6.03 Å². The quantitative estimate of drug-likeness (QED) is 0.504. The molecule has 1 aliphatic heterocycles. The molecule has 2 aromatic carbocycles. The van der Waals surface area contributed by atoms with E-state index in [4.69, 9.17) is 9.47 Å². The molecule has 0 spiro atoms. The molecule has 8 heteroatoms. The number of aryl methyl sites for hydroxylation is 1. The number of fused-ring (bicyclic) bond motifs is 2. The van der Waals surface area contributed by atoms with Crippen LogP contribution < -0.4 is 20.1 Å². The zero-order valence-corrected chi connectivity index (χ0v) is 17.9. The van der Waals surface area contributed by atoms with Crippen molar-refractivity contribution in [1.82, 2.24) is 19.9 Å². The molecule has 0 bridgehead atoms. The van der Waals surface area contributed by atoms with Gasteiger partial charge in [0.1, 0.15) is 17.8 Å². The first-order valence-electron chi connectivity index (χ1n) is 10.4. The van der Waals surface area contributed by atoms with Crippen LogP contribution in [-0.4, -0.2) is 34.2 Å². The number of benzene rings is 2. The van der Waals surface area contributed by atoms with Gasteiger partial charge in [-0.3, -0.25) is 4.57 Å². The number of anilines is 1. The van der Waals surface area contributed by atoms with Gasteiger partial charge in [-0.15, -0.1) is 0 Å². The number of aromatic nitrogens is 3. The summed E-state index contributed by atoms with van der Waals surface area (Å²) in [6.07, 6.45) is 4.10. The number of hydrogen-bond acceptors (Lipinski definition) is 6. The number of carbonyl (C=O) groups is 1. The second-order valence-corrected chi connectivity index (χ2v) is 7.71. The Morgan fingerprint density at radius 1 is 1.12 bits per heavy atom. The van der Waals surface area contributed by atoms with Gasteiger partial charge in [-0.1, -0.05) is 0 Å². The first-order chi connectivity index (χ1) is 15.6. The Balaban J connectivity index is 1.39. The van der Waals surface area contributed by atoms with Crippen molar-refractivity contribution < 1.29 is 14.3 Å². The highest BCUT2D eigenvalue weighted by Crippen LogP contribution is 2.29. The maximum Gasteiger partial charge on any atom is 0.330 e. The average Bonchev–Trinajstić information content (AvgIpc) is 3.22. The minimum atomic E-state index is -0.251. The summed E-state index contributed by atoms with van der Waals surface area (Å²) in [5, 5.41) is 7.13. The third-order valence-electron chi connectivity index (χ3n) is 5.47. The summed E-state index contributed by atoms with van der Waals surface area (Å²) < 4.78 is 13.0. The van der Waals surface area contributed by atoms with E-state index >= 15 is 0 Å². The van der Waals surface area contributed by atoms with E-state index < -0.39 is 0 Å². The fourth-order valence-corrected chi connectivity index (χ4v) is 3.94. The SMILES string of the molecule is COc1cc(C)cc(NC(=O)n2ccc3cc(Oc4ncnc5c4CCNC5)ccc32)c1. The highest BCUT2D eigenvalue weighted by molar-refractivity contribution is 5.99. The number of rotatable bonds is 4. The van der Waals surface area contributed by atoms with Gasteiger partial charge in [0.25, 0.3) is 0 Å². The molecule has 8 nitrogen and oxygen atoms in total. The van der Waals surface area contributed by atoms with Crippen molar-refractivity contribution in [2.45, 2.75) is 19.9 Å². The number of amides is 1. The Morgan fingerprint density at radius 3 is 2.91 bits per heavy atom. The molecular formula is C24H23N5O3. The maximum absolute atomic E-state index is 12.9. The topological polar surface area (TPSA) is 90.3 Å². The zero-order chi connectivity index (χ0) is 22.1. The maximum atomic E-state index is 12.9. The summed E-state index contributed by atoms with van der Waals surface area (Å²) in [5.41, 5.74) is 4.47. The lowest BCUT2D eigenvalue weighted by Gasteiger charge is -2.18. The lowest BCUT2D eigenvalue weighted by atomic mass is 10.1. The molecule has 4 aromatic rings. The van der Waals surface area contributed by atoms with Crippen LogP contribution in [-0.2, 0) is 13.0 Å². The van der Waals surface area contributed by atoms with Crippen LogP contribution in [0.2, 0.25) is 0 Å². The van der Waals surface area contributed by atoms with Gasteiger partial charge in [0, 0.05) is 35.4 Å². The molecule has 3 heterocycles. The molecule has 1 aliphatic rings. The molecule has 162 valence electrons. The second-order valence-electron chi connectivity index (χ2n) is 7.71. The number of nitrogens with zero attached hydrogens (tertiary/aromatic N) is 3. The number of methoxy groups -OCH3 is 1. The Hall–Kier alpha value is -3.91. The molecule has 0 aliphatic carbocycles. The lowest BCUT2D eigenvalue weighted by molar-refractivity contribution is 0.254. The third-order valence-corrected chi connectivity index (χ3v) is 5.47. The van der Waals surface area contributed by atoms with Crippen LogP contribution in [0.5, 0.6) is 17.4 Å². The van der Waals surface area contributed by atoms with Crippen molar-refractivity contribution in [3.8, 4) is 17.4 Å². The summed E-state index contributed by atoms with van der Waals surface area (Å²) in [7, 11) is 1.60. The van der Waals surface area contributed by atoms with E-state index in [0.29, 0.717) is 23.1 Å². The van der Waals surface area contributed by atoms with Crippen molar-refractivity contribution in [2.24, 2.45) is 0 Å². The first kappa shape index (κ1) is 20.0. The minimum absolute atomic E-state index is 0.251. The van der Waals surface area contributed by atoms with E-state index in [0.717, 1.165) is 47.2 Å². The predicted molar refractivity (Wildman–Crippen MR) is 122 cm³/mol. The molecule has 0 atom stereocenters. The monoisotopic (exact) mass is 429 g/mol. The molecule has 2 aromatic heterocycles. The van der Waals surface area contributed by atoms with Gasteiger partial charge in [0.15, 0.2) is 0 Å². The molecule has 0 fully saturated rings. The van der Waals surface area contributed by atoms with Crippen molar-refractivity contribution >= 4 is 22.6 Å². The summed E-state index contributed by atoms with van der Waals surface area (Å²) >= 11 is 0. The second kappa shape index (κ2) is 8.32. The summed E-state index contributed by atoms with van der Waals surface area (Å²) in [4.78, 5) is 21.6. The molecular weight excluding hydrogens is 406 g/mol. The molecule has 0 unspecified atom stereocenters. The Morgan fingerprint density at radius 2 is 2.03 bits per heavy atom. The normalized spacial score (nSPS) is 12.9. The molecule has 2 N–H and O–H groups in total. The van der Waals surface area contributed by atoms with E-state index in [1.165, 1.54) is 6.33 Å². The highest BCUT2D eigenvalue weighted by Gasteiger charge is 2.17. The number of nitrogens with one attached hydrogen (secondary N) is 2. The van der Waals surface area contributed by atoms with Crippen LogP contribution in [0.4, 0.5) is 10.5 Å². The molecule has 0 saturated heterocycles. The van der Waals surface area contributed by atoms with Gasteiger partial charge in [-0.05, 0) is 61.9 Å². The fraction of sp³-hybridized carbons (Fsp3) is 0.208. The molecule has 0 saturated carbocycles. The van der Waals surface area contributed by atoms with Crippen LogP contribution in [0.25, 0.3) is 10.9 Å². The third kappa shape index (κ3) is 3.88. The van der Waals surface area contributed by atoms with Gasteiger partial charge in [0.05, 0.1) is 18.3 Å². The summed E-state index contributed by atoms with van der Waals surface area (Å²) in [6, 6.07) is 12.9. The zero-order valence-electron chi connectivity index (χ0n) is 17.9. The molecule has 1 amide bonds. The van der Waals surface area contributed by atoms with Gasteiger partial charge in [-0.2, -0.15) is 0 Å². The summed E-state index contributed by atoms with van der Waals surface area (Å²) in [6.45, 7) is 3.55. The molecule has 32 heavy (non-hydrogen) atoms. The largest absolute Gasteiger partial charge is 0.497 e. The smallest absolute Gasteiger partial charge is 0.330 e. The van der Waals surface area contributed by atoms with Gasteiger partial charge < -0.3 is 20.1 Å². The van der Waals surface area contributed by atoms with Crippen LogP contribution in [0.15, 0.2) is 55.0 Å². The van der Waals surface area contributed by atoms with Crippen LogP contribution in [0.1, 0.15) is 16.8 Å². The Labute approximate surface area is 185 Å². The van der Waals surface area contributed by atoms with Gasteiger partial charge in [0.2, 0.25) is 5.88 Å². The van der Waals surface area contributed by atoms with E-state index in [2.05, 4.69) is 20.6 Å². The van der Waals surface area contributed by atoms with Crippen molar-refractivity contribution in [3.63, 3.8) is 0 Å². The predicted octanol–water partition coefficient (Wildman–Crippen LogP) is 4.27. The minimum Gasteiger partial charge on any atom is -0.497 e. The van der Waals surface area contributed by atoms with E-state index in [1.807, 2.05) is 43.3 Å². The number of hydrogen-bond donors (Lipinski definition) is 2. The van der Waals surface area contributed by atoms with Gasteiger partial charge in [-0.25, -0.2) is 14.8 Å². The number of carbonyl (C=O) groups excluding carboxylic acids is 1. The fourth-order valence-electron chi connectivity index (χ4n) is 3.94. The highest BCUT2D eigenvalue weighted by atomic mass is 16.5. The van der Waals surface area contributed by atoms with Gasteiger partial charge >= 0.3 is 6.03 Å². The first-order valence-corrected chi connectivity index (χ1v) is 10.4. The van der Waals surface area contributed by atoms with Crippen LogP contribution >= 0.6 is 0 Å². The van der Waals surface area contributed by atoms with Crippen molar-refractivity contribution in [3.05, 3.63) is 71.8 Å². The van der Waals surface area contributed by atoms with Crippen LogP contribution in [0.3, 0.4) is 0 Å². The van der Waals surface area contributed by atoms with Crippen molar-refractivity contribution in [2.75, 3.05) is 19.0 Å². The molecule has 5 rings (SSSR count). The van der Waals surface area contributed by atoms with E-state index in [1.54, 1.807) is 23.9 Å². The Kier molecular flexibility index (Phi) is 5.20. The summed E-state index contributed by atoms with van der Waals surface area (Å²) in [5.74, 6) is 1.95.